The molecule has 0 saturated carbocycles. The van der Waals surface area contributed by atoms with E-state index in [0.717, 1.165) is 48.3 Å². The fourth-order valence-corrected chi connectivity index (χ4v) is 3.31. The maximum Gasteiger partial charge on any atom is 0.222 e. The molecule has 0 aromatic heterocycles. The summed E-state index contributed by atoms with van der Waals surface area (Å²) in [5, 5.41) is 2.96. The Balaban J connectivity index is 1.59. The van der Waals surface area contributed by atoms with Gasteiger partial charge in [0.25, 0.3) is 0 Å². The molecule has 0 radical (unpaired) electrons. The van der Waals surface area contributed by atoms with Crippen LogP contribution in [0.25, 0.3) is 0 Å². The Hall–Kier alpha value is -1.07. The highest BCUT2D eigenvalue weighted by molar-refractivity contribution is 9.10. The van der Waals surface area contributed by atoms with Crippen molar-refractivity contribution in [3.63, 3.8) is 0 Å². The van der Waals surface area contributed by atoms with Gasteiger partial charge in [0.2, 0.25) is 5.91 Å². The molecule has 1 saturated heterocycles. The third-order valence-corrected chi connectivity index (χ3v) is 4.20. The molecule has 1 atom stereocenters. The van der Waals surface area contributed by atoms with Crippen LogP contribution in [0.5, 0.6) is 5.75 Å². The molecule has 2 heterocycles. The quantitative estimate of drug-likeness (QED) is 0.917. The van der Waals surface area contributed by atoms with Crippen molar-refractivity contribution in [2.24, 2.45) is 0 Å². The van der Waals surface area contributed by atoms with E-state index in [2.05, 4.69) is 27.3 Å². The molecule has 1 fully saturated rings. The molecule has 20 heavy (non-hydrogen) atoms. The van der Waals surface area contributed by atoms with Crippen LogP contribution in [-0.4, -0.2) is 25.2 Å². The number of carbonyl (C=O) groups excluding carboxylic acids is 1. The predicted molar refractivity (Wildman–Crippen MR) is 78.8 cm³/mol. The van der Waals surface area contributed by atoms with Crippen molar-refractivity contribution in [3.05, 3.63) is 27.7 Å². The molecular weight excluding hydrogens is 322 g/mol. The summed E-state index contributed by atoms with van der Waals surface area (Å²) in [4.78, 5) is 11.9. The first-order valence-electron chi connectivity index (χ1n) is 7.05. The minimum absolute atomic E-state index is 0.0450. The van der Waals surface area contributed by atoms with E-state index in [1.54, 1.807) is 0 Å². The second-order valence-electron chi connectivity index (χ2n) is 5.27. The Morgan fingerprint density at radius 3 is 3.10 bits per heavy atom. The summed E-state index contributed by atoms with van der Waals surface area (Å²) in [6.45, 7) is 2.01. The van der Waals surface area contributed by atoms with Gasteiger partial charge < -0.3 is 14.8 Å². The lowest BCUT2D eigenvalue weighted by Gasteiger charge is -2.12. The summed E-state index contributed by atoms with van der Waals surface area (Å²) in [6, 6.07) is 4.09. The van der Waals surface area contributed by atoms with Gasteiger partial charge >= 0.3 is 0 Å². The van der Waals surface area contributed by atoms with Gasteiger partial charge in [-0.3, -0.25) is 4.79 Å². The summed E-state index contributed by atoms with van der Waals surface area (Å²) < 4.78 is 12.2. The SMILES string of the molecule is O=C(CC1CCCO1)NCc1cc(Br)cc2c1OCC2. The number of ether oxygens (including phenoxy) is 2. The summed E-state index contributed by atoms with van der Waals surface area (Å²) in [7, 11) is 0. The molecule has 3 rings (SSSR count). The lowest BCUT2D eigenvalue weighted by Crippen LogP contribution is -2.26. The van der Waals surface area contributed by atoms with Crippen LogP contribution in [0.3, 0.4) is 0 Å². The fraction of sp³-hybridized carbons (Fsp3) is 0.533. The molecule has 108 valence electrons. The van der Waals surface area contributed by atoms with Gasteiger partial charge in [0.15, 0.2) is 0 Å². The van der Waals surface area contributed by atoms with Gasteiger partial charge in [0, 0.05) is 29.6 Å². The van der Waals surface area contributed by atoms with Crippen LogP contribution in [-0.2, 0) is 22.5 Å². The van der Waals surface area contributed by atoms with Gasteiger partial charge in [-0.25, -0.2) is 0 Å². The van der Waals surface area contributed by atoms with Crippen molar-refractivity contribution in [3.8, 4) is 5.75 Å². The number of halogens is 1. The van der Waals surface area contributed by atoms with E-state index in [1.807, 2.05) is 6.07 Å². The van der Waals surface area contributed by atoms with Crippen molar-refractivity contribution in [1.29, 1.82) is 0 Å². The van der Waals surface area contributed by atoms with Crippen LogP contribution in [0.15, 0.2) is 16.6 Å². The van der Waals surface area contributed by atoms with Crippen molar-refractivity contribution < 1.29 is 14.3 Å². The maximum atomic E-state index is 11.9. The molecule has 5 heteroatoms. The number of hydrogen-bond acceptors (Lipinski definition) is 3. The molecule has 1 aromatic rings. The fourth-order valence-electron chi connectivity index (χ4n) is 2.76. The van der Waals surface area contributed by atoms with Crippen molar-refractivity contribution in [1.82, 2.24) is 5.32 Å². The zero-order valence-corrected chi connectivity index (χ0v) is 12.9. The Morgan fingerprint density at radius 2 is 2.30 bits per heavy atom. The highest BCUT2D eigenvalue weighted by Gasteiger charge is 2.20. The number of rotatable bonds is 4. The van der Waals surface area contributed by atoms with Crippen molar-refractivity contribution >= 4 is 21.8 Å². The number of hydrogen-bond donors (Lipinski definition) is 1. The van der Waals surface area contributed by atoms with E-state index in [9.17, 15) is 4.79 Å². The lowest BCUT2D eigenvalue weighted by atomic mass is 10.1. The van der Waals surface area contributed by atoms with E-state index in [4.69, 9.17) is 9.47 Å². The van der Waals surface area contributed by atoms with E-state index < -0.39 is 0 Å². The Labute approximate surface area is 127 Å². The molecule has 2 aliphatic heterocycles. The third kappa shape index (κ3) is 3.15. The van der Waals surface area contributed by atoms with Crippen LogP contribution in [0.2, 0.25) is 0 Å². The average Bonchev–Trinajstić information content (AvgIpc) is 3.06. The van der Waals surface area contributed by atoms with E-state index in [-0.39, 0.29) is 12.0 Å². The Morgan fingerprint density at radius 1 is 1.40 bits per heavy atom. The minimum Gasteiger partial charge on any atom is -0.493 e. The van der Waals surface area contributed by atoms with Crippen LogP contribution >= 0.6 is 15.9 Å². The largest absolute Gasteiger partial charge is 0.493 e. The van der Waals surface area contributed by atoms with Gasteiger partial charge in [0.1, 0.15) is 5.75 Å². The summed E-state index contributed by atoms with van der Waals surface area (Å²) in [6.07, 6.45) is 3.54. The molecule has 2 aliphatic rings. The third-order valence-electron chi connectivity index (χ3n) is 3.74. The van der Waals surface area contributed by atoms with E-state index >= 15 is 0 Å². The zero-order valence-electron chi connectivity index (χ0n) is 11.3. The smallest absolute Gasteiger partial charge is 0.222 e. The predicted octanol–water partition coefficient (Wildman–Crippen LogP) is 2.57. The van der Waals surface area contributed by atoms with Gasteiger partial charge in [-0.2, -0.15) is 0 Å². The minimum atomic E-state index is 0.0450. The summed E-state index contributed by atoms with van der Waals surface area (Å²) in [5.41, 5.74) is 2.25. The second-order valence-corrected chi connectivity index (χ2v) is 6.18. The molecule has 1 aromatic carbocycles. The summed E-state index contributed by atoms with van der Waals surface area (Å²) >= 11 is 3.51. The van der Waals surface area contributed by atoms with Gasteiger partial charge in [0.05, 0.1) is 19.1 Å². The molecule has 0 spiro atoms. The lowest BCUT2D eigenvalue weighted by molar-refractivity contribution is -0.123. The first kappa shape index (κ1) is 13.9. The normalized spacial score (nSPS) is 20.6. The number of amides is 1. The maximum absolute atomic E-state index is 11.9. The van der Waals surface area contributed by atoms with Crippen molar-refractivity contribution in [2.75, 3.05) is 13.2 Å². The number of carbonyl (C=O) groups is 1. The Kier molecular flexibility index (Phi) is 4.27. The van der Waals surface area contributed by atoms with E-state index in [0.29, 0.717) is 13.0 Å². The molecule has 1 unspecified atom stereocenters. The molecule has 0 bridgehead atoms. The van der Waals surface area contributed by atoms with Crippen molar-refractivity contribution in [2.45, 2.75) is 38.3 Å². The van der Waals surface area contributed by atoms with Crippen LogP contribution in [0.4, 0.5) is 0 Å². The Bertz CT molecular complexity index is 512. The van der Waals surface area contributed by atoms with E-state index in [1.165, 1.54) is 5.56 Å². The van der Waals surface area contributed by atoms with Crippen LogP contribution in [0.1, 0.15) is 30.4 Å². The number of benzene rings is 1. The highest BCUT2D eigenvalue weighted by atomic mass is 79.9. The van der Waals surface area contributed by atoms with Gasteiger partial charge in [-0.1, -0.05) is 15.9 Å². The molecule has 0 aliphatic carbocycles. The first-order chi connectivity index (χ1) is 9.72. The topological polar surface area (TPSA) is 47.6 Å². The van der Waals surface area contributed by atoms with Gasteiger partial charge in [-0.15, -0.1) is 0 Å². The molecule has 1 amide bonds. The second kappa shape index (κ2) is 6.14. The first-order valence-corrected chi connectivity index (χ1v) is 7.84. The molecule has 4 nitrogen and oxygen atoms in total. The summed E-state index contributed by atoms with van der Waals surface area (Å²) in [5.74, 6) is 0.981. The number of fused-ring (bicyclic) bond motifs is 1. The number of nitrogens with one attached hydrogen (secondary N) is 1. The van der Waals surface area contributed by atoms with Crippen LogP contribution < -0.4 is 10.1 Å². The standard InChI is InChI=1S/C15H18BrNO3/c16-12-6-10-3-5-20-15(10)11(7-12)9-17-14(18)8-13-2-1-4-19-13/h6-7,13H,1-5,8-9H2,(H,17,18). The zero-order chi connectivity index (χ0) is 13.9. The van der Waals surface area contributed by atoms with Gasteiger partial charge in [-0.05, 0) is 30.5 Å². The van der Waals surface area contributed by atoms with Crippen LogP contribution in [0, 0.1) is 0 Å². The molecule has 1 N–H and O–H groups in total. The molecular formula is C15H18BrNO3. The highest BCUT2D eigenvalue weighted by Crippen LogP contribution is 2.32. The average molecular weight is 340 g/mol. The monoisotopic (exact) mass is 339 g/mol.